The van der Waals surface area contributed by atoms with E-state index in [4.69, 9.17) is 5.14 Å². The zero-order valence-electron chi connectivity index (χ0n) is 14.2. The summed E-state index contributed by atoms with van der Waals surface area (Å²) in [6.45, 7) is 1.86. The van der Waals surface area contributed by atoms with Crippen molar-refractivity contribution in [3.63, 3.8) is 0 Å². The summed E-state index contributed by atoms with van der Waals surface area (Å²) in [5.74, 6) is -3.88. The van der Waals surface area contributed by atoms with Crippen LogP contribution in [0, 0.1) is 6.92 Å². The Hall–Kier alpha value is -2.07. The van der Waals surface area contributed by atoms with E-state index >= 15 is 0 Å². The lowest BCUT2D eigenvalue weighted by molar-refractivity contribution is 0.0112. The number of nitrogens with two attached hydrogens (primary N) is 1. The first-order valence-electron chi connectivity index (χ1n) is 7.92. The van der Waals surface area contributed by atoms with E-state index in [-0.39, 0.29) is 17.8 Å². The Morgan fingerprint density at radius 1 is 1.50 bits per heavy atom. The highest BCUT2D eigenvalue weighted by Crippen LogP contribution is 2.42. The minimum atomic E-state index is -3.24. The van der Waals surface area contributed by atoms with Gasteiger partial charge in [-0.1, -0.05) is 0 Å². The summed E-state index contributed by atoms with van der Waals surface area (Å²) < 4.78 is 42.9. The summed E-state index contributed by atoms with van der Waals surface area (Å²) in [7, 11) is 0. The van der Waals surface area contributed by atoms with Crippen LogP contribution in [0.1, 0.15) is 41.5 Å². The van der Waals surface area contributed by atoms with Gasteiger partial charge in [0, 0.05) is 24.4 Å². The molecule has 2 aromatic rings. The Bertz CT molecular complexity index is 845. The lowest BCUT2D eigenvalue weighted by atomic mass is 10.1. The van der Waals surface area contributed by atoms with Gasteiger partial charge in [-0.15, -0.1) is 0 Å². The van der Waals surface area contributed by atoms with Gasteiger partial charge in [0.15, 0.2) is 0 Å². The van der Waals surface area contributed by atoms with Crippen LogP contribution in [0.5, 0.6) is 0 Å². The van der Waals surface area contributed by atoms with Gasteiger partial charge in [-0.05, 0) is 43.8 Å². The summed E-state index contributed by atoms with van der Waals surface area (Å²) in [6, 6.07) is 3.09. The summed E-state index contributed by atoms with van der Waals surface area (Å²) >= 11 is 0.907. The molecule has 1 saturated carbocycles. The Labute approximate surface area is 152 Å². The molecule has 6 nitrogen and oxygen atoms in total. The summed E-state index contributed by atoms with van der Waals surface area (Å²) in [5, 5.41) is 12.4. The number of pyridine rings is 1. The second-order valence-electron chi connectivity index (χ2n) is 6.47. The quantitative estimate of drug-likeness (QED) is 0.744. The van der Waals surface area contributed by atoms with Gasteiger partial charge in [0.25, 0.3) is 11.8 Å². The van der Waals surface area contributed by atoms with Crippen LogP contribution < -0.4 is 10.5 Å². The molecule has 3 N–H and O–H groups in total. The smallest absolute Gasteiger partial charge is 0.289 e. The van der Waals surface area contributed by atoms with E-state index in [1.54, 1.807) is 12.1 Å². The van der Waals surface area contributed by atoms with Crippen LogP contribution in [0.15, 0.2) is 23.4 Å². The molecule has 1 aliphatic rings. The van der Waals surface area contributed by atoms with Gasteiger partial charge in [0.1, 0.15) is 22.1 Å². The topological polar surface area (TPSA) is 85.8 Å². The Balaban J connectivity index is 1.95. The van der Waals surface area contributed by atoms with Crippen LogP contribution in [-0.2, 0) is 12.5 Å². The number of aromatic nitrogens is 3. The van der Waals surface area contributed by atoms with E-state index in [0.717, 1.165) is 16.6 Å². The maximum atomic E-state index is 14.2. The number of anilines is 1. The average Bonchev–Trinajstić information content (AvgIpc) is 3.18. The number of carbonyl (C=O) groups excluding carboxylic acids is 1. The van der Waals surface area contributed by atoms with Crippen molar-refractivity contribution in [2.75, 3.05) is 5.32 Å². The third-order valence-corrected chi connectivity index (χ3v) is 4.62. The van der Waals surface area contributed by atoms with Crippen molar-refractivity contribution < 1.29 is 18.0 Å². The highest BCUT2D eigenvalue weighted by atomic mass is 32.2. The van der Waals surface area contributed by atoms with Crippen molar-refractivity contribution in [3.05, 3.63) is 35.3 Å². The summed E-state index contributed by atoms with van der Waals surface area (Å²) in [4.78, 5) is 16.7. The number of nitrogens with one attached hydrogen (secondary N) is 1. The Morgan fingerprint density at radius 2 is 2.19 bits per heavy atom. The first-order chi connectivity index (χ1) is 12.1. The van der Waals surface area contributed by atoms with Crippen molar-refractivity contribution >= 4 is 23.5 Å². The molecule has 1 amide bonds. The van der Waals surface area contributed by atoms with Gasteiger partial charge in [0.2, 0.25) is 0 Å². The first kappa shape index (κ1) is 18.7. The molecule has 0 atom stereocenters. The fourth-order valence-electron chi connectivity index (χ4n) is 2.67. The number of nitrogens with zero attached hydrogens (tertiary/aromatic N) is 3. The van der Waals surface area contributed by atoms with Crippen molar-refractivity contribution in [1.29, 1.82) is 0 Å². The van der Waals surface area contributed by atoms with Crippen LogP contribution in [0.3, 0.4) is 0 Å². The summed E-state index contributed by atoms with van der Waals surface area (Å²) in [6.07, 6.45) is 2.11. The van der Waals surface area contributed by atoms with Gasteiger partial charge in [-0.3, -0.25) is 14.6 Å². The predicted octanol–water partition coefficient (Wildman–Crippen LogP) is 3.42. The van der Waals surface area contributed by atoms with E-state index in [1.807, 2.05) is 0 Å². The van der Waals surface area contributed by atoms with Crippen molar-refractivity contribution in [1.82, 2.24) is 14.8 Å². The first-order valence-corrected chi connectivity index (χ1v) is 8.80. The average molecular weight is 385 g/mol. The van der Waals surface area contributed by atoms with Crippen LogP contribution in [0.2, 0.25) is 0 Å². The monoisotopic (exact) mass is 385 g/mol. The Morgan fingerprint density at radius 3 is 2.77 bits per heavy atom. The molecule has 0 aromatic carbocycles. The standard InChI is InChI=1S/C16H18F3N5OS/c1-9-12(14(25)22-10-3-6-21-11(7-10)26-20)24(8-16(19)4-5-16)23-13(9)15(2,17)18/h3,6-7H,4-5,8,20H2,1-2H3,(H,21,22,25). The fraction of sp³-hybridized carbons (Fsp3) is 0.438. The number of alkyl halides is 3. The number of hydrogen-bond acceptors (Lipinski definition) is 5. The molecule has 26 heavy (non-hydrogen) atoms. The Kier molecular flexibility index (Phi) is 4.74. The van der Waals surface area contributed by atoms with E-state index < -0.39 is 23.2 Å². The van der Waals surface area contributed by atoms with E-state index in [2.05, 4.69) is 15.4 Å². The molecule has 0 bridgehead atoms. The van der Waals surface area contributed by atoms with Gasteiger partial charge in [0.05, 0.1) is 6.54 Å². The normalized spacial score (nSPS) is 15.8. The molecule has 2 heterocycles. The lowest BCUT2D eigenvalue weighted by Gasteiger charge is -2.11. The predicted molar refractivity (Wildman–Crippen MR) is 91.8 cm³/mol. The van der Waals surface area contributed by atoms with Crippen molar-refractivity contribution in [2.45, 2.75) is 49.9 Å². The van der Waals surface area contributed by atoms with Crippen LogP contribution in [0.25, 0.3) is 0 Å². The minimum Gasteiger partial charge on any atom is -0.321 e. The third-order valence-electron chi connectivity index (χ3n) is 4.16. The molecule has 0 unspecified atom stereocenters. The van der Waals surface area contributed by atoms with Gasteiger partial charge in [-0.2, -0.15) is 13.9 Å². The zero-order chi connectivity index (χ0) is 19.1. The number of hydrogen-bond donors (Lipinski definition) is 2. The van der Waals surface area contributed by atoms with Crippen LogP contribution in [-0.4, -0.2) is 26.3 Å². The largest absolute Gasteiger partial charge is 0.321 e. The van der Waals surface area contributed by atoms with Crippen LogP contribution >= 0.6 is 11.9 Å². The molecule has 0 radical (unpaired) electrons. The number of amides is 1. The molecule has 2 aromatic heterocycles. The molecule has 0 spiro atoms. The number of halogens is 3. The van der Waals surface area contributed by atoms with E-state index in [1.165, 1.54) is 13.1 Å². The molecule has 10 heteroatoms. The second-order valence-corrected chi connectivity index (χ2v) is 7.13. The molecule has 140 valence electrons. The summed E-state index contributed by atoms with van der Waals surface area (Å²) in [5.41, 5.74) is -1.67. The number of rotatable bonds is 6. The molecule has 1 aliphatic carbocycles. The van der Waals surface area contributed by atoms with Gasteiger partial charge >= 0.3 is 0 Å². The molecular weight excluding hydrogens is 367 g/mol. The van der Waals surface area contributed by atoms with Gasteiger partial charge < -0.3 is 5.32 Å². The maximum Gasteiger partial charge on any atom is 0.289 e. The fourth-order valence-corrected chi connectivity index (χ4v) is 2.99. The van der Waals surface area contributed by atoms with Gasteiger partial charge in [-0.25, -0.2) is 9.37 Å². The van der Waals surface area contributed by atoms with Crippen molar-refractivity contribution in [2.24, 2.45) is 5.14 Å². The van der Waals surface area contributed by atoms with Crippen LogP contribution in [0.4, 0.5) is 18.9 Å². The SMILES string of the molecule is Cc1c(C(C)(F)F)nn(CC2(F)CC2)c1C(=O)Nc1ccnc(SN)c1. The third kappa shape index (κ3) is 3.85. The molecule has 3 rings (SSSR count). The lowest BCUT2D eigenvalue weighted by Crippen LogP contribution is -2.23. The second kappa shape index (κ2) is 6.58. The highest BCUT2D eigenvalue weighted by molar-refractivity contribution is 7.97. The zero-order valence-corrected chi connectivity index (χ0v) is 15.0. The van der Waals surface area contributed by atoms with Crippen molar-refractivity contribution in [3.8, 4) is 0 Å². The highest BCUT2D eigenvalue weighted by Gasteiger charge is 2.45. The number of carbonyl (C=O) groups is 1. The van der Waals surface area contributed by atoms with E-state index in [9.17, 15) is 18.0 Å². The maximum absolute atomic E-state index is 14.2. The molecule has 0 saturated heterocycles. The minimum absolute atomic E-state index is 0.0294. The molecule has 1 fully saturated rings. The molecule has 0 aliphatic heterocycles. The molecular formula is C16H18F3N5OS. The van der Waals surface area contributed by atoms with E-state index in [0.29, 0.717) is 30.5 Å².